The summed E-state index contributed by atoms with van der Waals surface area (Å²) in [5, 5.41) is 3.19. The molecule has 25 heavy (non-hydrogen) atoms. The Morgan fingerprint density at radius 1 is 0.960 bits per heavy atom. The number of oxazole rings is 1. The topological polar surface area (TPSA) is 85.3 Å². The van der Waals surface area contributed by atoms with Crippen molar-refractivity contribution in [3.63, 3.8) is 0 Å². The predicted molar refractivity (Wildman–Crippen MR) is 92.4 cm³/mol. The Kier molecular flexibility index (Phi) is 3.63. The highest BCUT2D eigenvalue weighted by Gasteiger charge is 2.16. The van der Waals surface area contributed by atoms with Crippen molar-refractivity contribution in [1.82, 2.24) is 4.98 Å². The molecule has 2 aromatic heterocycles. The maximum atomic E-state index is 12.3. The van der Waals surface area contributed by atoms with Crippen molar-refractivity contribution in [3.8, 4) is 11.3 Å². The Balaban J connectivity index is 1.61. The highest BCUT2D eigenvalue weighted by atomic mass is 16.4. The van der Waals surface area contributed by atoms with Crippen LogP contribution in [0.5, 0.6) is 0 Å². The molecule has 1 amide bonds. The fourth-order valence-corrected chi connectivity index (χ4v) is 2.44. The average molecular weight is 332 g/mol. The summed E-state index contributed by atoms with van der Waals surface area (Å²) in [6.45, 7) is 0. The lowest BCUT2D eigenvalue weighted by atomic mass is 10.2. The summed E-state index contributed by atoms with van der Waals surface area (Å²) in [6, 6.07) is 17.9. The number of amides is 1. The van der Waals surface area contributed by atoms with E-state index >= 15 is 0 Å². The molecular formula is C19H12N2O4. The van der Waals surface area contributed by atoms with Crippen LogP contribution in [0, 0.1) is 0 Å². The Bertz CT molecular complexity index is 1110. The number of nitrogens with zero attached hydrogens (tertiary/aromatic N) is 1. The Labute approximate surface area is 141 Å². The maximum absolute atomic E-state index is 12.3. The highest BCUT2D eigenvalue weighted by molar-refractivity contribution is 6.01. The molecule has 0 bridgehead atoms. The van der Waals surface area contributed by atoms with Crippen LogP contribution in [0.25, 0.3) is 22.3 Å². The van der Waals surface area contributed by atoms with Gasteiger partial charge in [0.05, 0.1) is 6.20 Å². The van der Waals surface area contributed by atoms with Crippen molar-refractivity contribution in [2.75, 3.05) is 5.32 Å². The summed E-state index contributed by atoms with van der Waals surface area (Å²) in [7, 11) is 0. The van der Waals surface area contributed by atoms with E-state index in [0.717, 1.165) is 5.56 Å². The van der Waals surface area contributed by atoms with Gasteiger partial charge in [0.15, 0.2) is 5.76 Å². The van der Waals surface area contributed by atoms with E-state index in [9.17, 15) is 9.59 Å². The molecule has 0 aliphatic rings. The number of para-hydroxylation sites is 1. The summed E-state index contributed by atoms with van der Waals surface area (Å²) in [5.41, 5.74) is 0.650. The van der Waals surface area contributed by atoms with Crippen LogP contribution in [0.3, 0.4) is 0 Å². The molecule has 0 aliphatic heterocycles. The zero-order valence-corrected chi connectivity index (χ0v) is 12.9. The van der Waals surface area contributed by atoms with Crippen LogP contribution in [-0.4, -0.2) is 10.9 Å². The van der Waals surface area contributed by atoms with Crippen molar-refractivity contribution in [2.45, 2.75) is 0 Å². The van der Waals surface area contributed by atoms with Gasteiger partial charge in [-0.3, -0.25) is 4.79 Å². The first-order valence-electron chi connectivity index (χ1n) is 7.56. The summed E-state index contributed by atoms with van der Waals surface area (Å²) >= 11 is 0. The molecule has 0 spiro atoms. The molecule has 1 N–H and O–H groups in total. The number of carbonyl (C=O) groups excluding carboxylic acids is 1. The second-order valence-electron chi connectivity index (χ2n) is 5.34. The van der Waals surface area contributed by atoms with E-state index < -0.39 is 11.5 Å². The molecule has 0 unspecified atom stereocenters. The van der Waals surface area contributed by atoms with Crippen LogP contribution >= 0.6 is 0 Å². The summed E-state index contributed by atoms with van der Waals surface area (Å²) < 4.78 is 10.7. The third-order valence-corrected chi connectivity index (χ3v) is 3.65. The maximum Gasteiger partial charge on any atom is 0.360 e. The number of hydrogen-bond donors (Lipinski definition) is 1. The molecule has 2 aromatic carbocycles. The number of carbonyl (C=O) groups is 1. The van der Waals surface area contributed by atoms with Gasteiger partial charge in [-0.25, -0.2) is 9.78 Å². The van der Waals surface area contributed by atoms with Crippen molar-refractivity contribution >= 4 is 22.6 Å². The van der Waals surface area contributed by atoms with Gasteiger partial charge in [0.1, 0.15) is 11.3 Å². The highest BCUT2D eigenvalue weighted by Crippen LogP contribution is 2.20. The smallest absolute Gasteiger partial charge is 0.360 e. The molecular weight excluding hydrogens is 320 g/mol. The number of fused-ring (bicyclic) bond motifs is 1. The molecule has 2 heterocycles. The third-order valence-electron chi connectivity index (χ3n) is 3.65. The lowest BCUT2D eigenvalue weighted by molar-refractivity contribution is 0.0990. The number of anilines is 1. The minimum absolute atomic E-state index is 0.0307. The third kappa shape index (κ3) is 2.92. The molecule has 0 saturated heterocycles. The van der Waals surface area contributed by atoms with Gasteiger partial charge < -0.3 is 14.2 Å². The molecule has 0 radical (unpaired) electrons. The molecule has 0 aliphatic carbocycles. The zero-order chi connectivity index (χ0) is 17.2. The van der Waals surface area contributed by atoms with Crippen molar-refractivity contribution in [1.29, 1.82) is 0 Å². The summed E-state index contributed by atoms with van der Waals surface area (Å²) in [4.78, 5) is 28.3. The van der Waals surface area contributed by atoms with Gasteiger partial charge >= 0.3 is 11.5 Å². The quantitative estimate of drug-likeness (QED) is 0.578. The van der Waals surface area contributed by atoms with Gasteiger partial charge in [0.25, 0.3) is 5.89 Å². The van der Waals surface area contributed by atoms with Gasteiger partial charge in [-0.2, -0.15) is 0 Å². The van der Waals surface area contributed by atoms with Crippen LogP contribution in [0.2, 0.25) is 0 Å². The second kappa shape index (κ2) is 6.09. The Hall–Kier alpha value is -3.67. The van der Waals surface area contributed by atoms with Gasteiger partial charge in [0.2, 0.25) is 0 Å². The van der Waals surface area contributed by atoms with E-state index in [0.29, 0.717) is 16.7 Å². The van der Waals surface area contributed by atoms with Crippen LogP contribution in [0.1, 0.15) is 10.7 Å². The standard InChI is InChI=1S/C19H12N2O4/c22-17(18-20-11-16(24-18)12-6-2-1-3-7-12)21-14-10-13-8-4-5-9-15(13)25-19(14)23/h1-11H,(H,21,22). The van der Waals surface area contributed by atoms with Gasteiger partial charge in [-0.1, -0.05) is 48.5 Å². The van der Waals surface area contributed by atoms with E-state index in [2.05, 4.69) is 10.3 Å². The van der Waals surface area contributed by atoms with Crippen LogP contribution in [0.15, 0.2) is 80.5 Å². The molecule has 4 aromatic rings. The lowest BCUT2D eigenvalue weighted by Gasteiger charge is -2.02. The van der Waals surface area contributed by atoms with Crippen LogP contribution in [-0.2, 0) is 0 Å². The number of aromatic nitrogens is 1. The van der Waals surface area contributed by atoms with Gasteiger partial charge in [-0.15, -0.1) is 0 Å². The first-order valence-corrected chi connectivity index (χ1v) is 7.56. The normalized spacial score (nSPS) is 10.7. The van der Waals surface area contributed by atoms with Gasteiger partial charge in [0, 0.05) is 10.9 Å². The zero-order valence-electron chi connectivity index (χ0n) is 12.9. The van der Waals surface area contributed by atoms with Crippen molar-refractivity contribution < 1.29 is 13.6 Å². The fraction of sp³-hybridized carbons (Fsp3) is 0. The fourth-order valence-electron chi connectivity index (χ4n) is 2.44. The van der Waals surface area contributed by atoms with Gasteiger partial charge in [-0.05, 0) is 12.1 Å². The molecule has 6 nitrogen and oxygen atoms in total. The minimum atomic E-state index is -0.637. The van der Waals surface area contributed by atoms with Crippen LogP contribution < -0.4 is 10.9 Å². The predicted octanol–water partition coefficient (Wildman–Crippen LogP) is 3.70. The monoisotopic (exact) mass is 332 g/mol. The second-order valence-corrected chi connectivity index (χ2v) is 5.34. The lowest BCUT2D eigenvalue weighted by Crippen LogP contribution is -2.18. The minimum Gasteiger partial charge on any atom is -0.432 e. The first-order chi connectivity index (χ1) is 12.2. The van der Waals surface area contributed by atoms with E-state index in [-0.39, 0.29) is 11.6 Å². The SMILES string of the molecule is O=C(Nc1cc2ccccc2oc1=O)c1ncc(-c2ccccc2)o1. The van der Waals surface area contributed by atoms with E-state index in [1.54, 1.807) is 24.3 Å². The van der Waals surface area contributed by atoms with E-state index in [1.165, 1.54) is 6.20 Å². The molecule has 0 fully saturated rings. The molecule has 0 atom stereocenters. The van der Waals surface area contributed by atoms with E-state index in [1.807, 2.05) is 36.4 Å². The summed E-state index contributed by atoms with van der Waals surface area (Å²) in [6.07, 6.45) is 1.47. The molecule has 4 rings (SSSR count). The van der Waals surface area contributed by atoms with Crippen molar-refractivity contribution in [2.24, 2.45) is 0 Å². The average Bonchev–Trinajstić information content (AvgIpc) is 3.13. The summed E-state index contributed by atoms with van der Waals surface area (Å²) in [5.74, 6) is -0.285. The first kappa shape index (κ1) is 14.9. The molecule has 6 heteroatoms. The van der Waals surface area contributed by atoms with E-state index in [4.69, 9.17) is 8.83 Å². The molecule has 122 valence electrons. The van der Waals surface area contributed by atoms with Crippen molar-refractivity contribution in [3.05, 3.63) is 83.2 Å². The number of benzene rings is 2. The Morgan fingerprint density at radius 3 is 2.56 bits per heavy atom. The van der Waals surface area contributed by atoms with Crippen LogP contribution in [0.4, 0.5) is 5.69 Å². The largest absolute Gasteiger partial charge is 0.432 e. The number of hydrogen-bond acceptors (Lipinski definition) is 5. The molecule has 0 saturated carbocycles. The number of nitrogens with one attached hydrogen (secondary N) is 1. The Morgan fingerprint density at radius 2 is 1.72 bits per heavy atom. The number of rotatable bonds is 3.